The summed E-state index contributed by atoms with van der Waals surface area (Å²) in [6.07, 6.45) is 2.40. The van der Waals surface area contributed by atoms with Gasteiger partial charge in [-0.2, -0.15) is 0 Å². The van der Waals surface area contributed by atoms with Gasteiger partial charge >= 0.3 is 5.97 Å². The van der Waals surface area contributed by atoms with Crippen LogP contribution in [0.1, 0.15) is 13.8 Å². The second kappa shape index (κ2) is 6.58. The van der Waals surface area contributed by atoms with Crippen LogP contribution in [0.4, 0.5) is 0 Å². The van der Waals surface area contributed by atoms with E-state index in [-0.39, 0.29) is 10.6 Å². The van der Waals surface area contributed by atoms with Gasteiger partial charge in [0.05, 0.1) is 6.10 Å². The van der Waals surface area contributed by atoms with E-state index in [1.165, 1.54) is 11.2 Å². The molecule has 0 spiro atoms. The molecule has 0 bridgehead atoms. The summed E-state index contributed by atoms with van der Waals surface area (Å²) in [7, 11) is 3.52. The Morgan fingerprint density at radius 3 is 2.33 bits per heavy atom. The van der Waals surface area contributed by atoms with Gasteiger partial charge in [0.1, 0.15) is 10.8 Å². The van der Waals surface area contributed by atoms with Crippen molar-refractivity contribution in [2.24, 2.45) is 0 Å². The largest absolute Gasteiger partial charge is 0.459 e. The average molecular weight is 278 g/mol. The lowest BCUT2D eigenvalue weighted by Crippen LogP contribution is -2.31. The summed E-state index contributed by atoms with van der Waals surface area (Å²) in [4.78, 5) is 11.4. The van der Waals surface area contributed by atoms with Gasteiger partial charge in [0.15, 0.2) is 0 Å². The fourth-order valence-corrected chi connectivity index (χ4v) is 1.01. The van der Waals surface area contributed by atoms with E-state index >= 15 is 0 Å². The molecule has 86 valence electrons. The number of nitrogens with zero attached hydrogens (tertiary/aromatic N) is 2. The fraction of sp³-hybridized carbons (Fsp3) is 0.556. The number of esters is 1. The molecule has 0 aliphatic heterocycles. The van der Waals surface area contributed by atoms with Crippen LogP contribution in [0.15, 0.2) is 10.7 Å². The Morgan fingerprint density at radius 2 is 2.00 bits per heavy atom. The predicted molar refractivity (Wildman–Crippen MR) is 62.5 cm³/mol. The smallest absolute Gasteiger partial charge is 0.347 e. The van der Waals surface area contributed by atoms with Crippen molar-refractivity contribution in [3.63, 3.8) is 0 Å². The highest BCUT2D eigenvalue weighted by Gasteiger charge is 2.11. The van der Waals surface area contributed by atoms with E-state index in [0.29, 0.717) is 0 Å². The standard InChI is InChI=1S/C9H16BrN3O2/c1-7(2)15-9(14)8(10)5-13(6-11)12(3)4/h5-7,11H,1-4H3/b8-5-,11-6?. The number of rotatable bonds is 5. The molecule has 0 unspecified atom stereocenters. The van der Waals surface area contributed by atoms with Crippen LogP contribution in [0, 0.1) is 5.41 Å². The predicted octanol–water partition coefficient (Wildman–Crippen LogP) is 1.56. The van der Waals surface area contributed by atoms with Crippen molar-refractivity contribution in [1.29, 1.82) is 5.41 Å². The highest BCUT2D eigenvalue weighted by atomic mass is 79.9. The number of hydrazine groups is 1. The van der Waals surface area contributed by atoms with E-state index < -0.39 is 5.97 Å². The second-order valence-electron chi connectivity index (χ2n) is 3.29. The maximum atomic E-state index is 11.4. The van der Waals surface area contributed by atoms with Gasteiger partial charge in [0.25, 0.3) is 0 Å². The Labute approximate surface area is 98.3 Å². The second-order valence-corrected chi connectivity index (χ2v) is 4.14. The van der Waals surface area contributed by atoms with Gasteiger partial charge in [-0.05, 0) is 29.8 Å². The number of halogens is 1. The van der Waals surface area contributed by atoms with E-state index in [9.17, 15) is 4.79 Å². The van der Waals surface area contributed by atoms with Crippen molar-refractivity contribution in [1.82, 2.24) is 10.0 Å². The first kappa shape index (κ1) is 14.1. The molecule has 6 heteroatoms. The van der Waals surface area contributed by atoms with Gasteiger partial charge in [-0.25, -0.2) is 9.80 Å². The molecular formula is C9H16BrN3O2. The molecule has 0 radical (unpaired) electrons. The Hall–Kier alpha value is -0.880. The van der Waals surface area contributed by atoms with E-state index in [1.54, 1.807) is 33.0 Å². The minimum Gasteiger partial charge on any atom is -0.459 e. The number of hydrogen-bond donors (Lipinski definition) is 1. The number of carbonyl (C=O) groups is 1. The fourth-order valence-electron chi connectivity index (χ4n) is 0.707. The van der Waals surface area contributed by atoms with Crippen LogP contribution in [-0.4, -0.2) is 42.5 Å². The van der Waals surface area contributed by atoms with Crippen LogP contribution in [0.5, 0.6) is 0 Å². The van der Waals surface area contributed by atoms with Gasteiger partial charge in [-0.3, -0.25) is 10.4 Å². The van der Waals surface area contributed by atoms with Crippen LogP contribution >= 0.6 is 15.9 Å². The normalized spacial score (nSPS) is 11.8. The van der Waals surface area contributed by atoms with Crippen molar-refractivity contribution in [3.8, 4) is 0 Å². The summed E-state index contributed by atoms with van der Waals surface area (Å²) in [6, 6.07) is 0. The van der Waals surface area contributed by atoms with E-state index in [2.05, 4.69) is 15.9 Å². The Balaban J connectivity index is 4.52. The van der Waals surface area contributed by atoms with E-state index in [1.807, 2.05) is 0 Å². The summed E-state index contributed by atoms with van der Waals surface area (Å²) < 4.78 is 5.23. The number of hydrogen-bond acceptors (Lipinski definition) is 4. The van der Waals surface area contributed by atoms with Crippen molar-refractivity contribution in [3.05, 3.63) is 10.7 Å². The summed E-state index contributed by atoms with van der Waals surface area (Å²) in [5.41, 5.74) is 0. The Bertz CT molecular complexity index is 264. The molecule has 0 aliphatic carbocycles. The average Bonchev–Trinajstić information content (AvgIpc) is 2.11. The summed E-state index contributed by atoms with van der Waals surface area (Å²) >= 11 is 3.10. The monoisotopic (exact) mass is 277 g/mol. The molecule has 0 aliphatic rings. The number of ether oxygens (including phenoxy) is 1. The number of carbonyl (C=O) groups excluding carboxylic acids is 1. The number of nitrogens with one attached hydrogen (secondary N) is 1. The highest BCUT2D eigenvalue weighted by molar-refractivity contribution is 9.12. The first-order chi connectivity index (χ1) is 6.88. The maximum absolute atomic E-state index is 11.4. The van der Waals surface area contributed by atoms with Crippen molar-refractivity contribution in [2.75, 3.05) is 14.1 Å². The molecule has 5 nitrogen and oxygen atoms in total. The molecule has 0 amide bonds. The third kappa shape index (κ3) is 5.54. The third-order valence-corrected chi connectivity index (χ3v) is 1.91. The van der Waals surface area contributed by atoms with Gasteiger partial charge in [-0.15, -0.1) is 0 Å². The minimum absolute atomic E-state index is 0.161. The molecule has 0 saturated carbocycles. The lowest BCUT2D eigenvalue weighted by molar-refractivity contribution is -0.141. The lowest BCUT2D eigenvalue weighted by Gasteiger charge is -2.22. The summed E-state index contributed by atoms with van der Waals surface area (Å²) in [6.45, 7) is 3.55. The van der Waals surface area contributed by atoms with Crippen LogP contribution in [-0.2, 0) is 9.53 Å². The van der Waals surface area contributed by atoms with Crippen molar-refractivity contribution < 1.29 is 9.53 Å². The molecule has 1 N–H and O–H groups in total. The van der Waals surface area contributed by atoms with Gasteiger partial charge < -0.3 is 4.74 Å². The molecule has 0 aromatic rings. The maximum Gasteiger partial charge on any atom is 0.347 e. The minimum atomic E-state index is -0.446. The van der Waals surface area contributed by atoms with E-state index in [0.717, 1.165) is 6.34 Å². The van der Waals surface area contributed by atoms with Crippen LogP contribution in [0.25, 0.3) is 0 Å². The molecule has 0 fully saturated rings. The van der Waals surface area contributed by atoms with Crippen LogP contribution < -0.4 is 0 Å². The SMILES string of the molecule is CC(C)OC(=O)/C(Br)=C/N(C=N)N(C)C. The molecule has 0 rings (SSSR count). The van der Waals surface area contributed by atoms with Gasteiger partial charge in [0.2, 0.25) is 0 Å². The van der Waals surface area contributed by atoms with Gasteiger partial charge in [-0.1, -0.05) is 0 Å². The first-order valence-electron chi connectivity index (χ1n) is 4.43. The van der Waals surface area contributed by atoms with E-state index in [4.69, 9.17) is 10.1 Å². The van der Waals surface area contributed by atoms with Crippen LogP contribution in [0.3, 0.4) is 0 Å². The molecule has 0 aromatic carbocycles. The lowest BCUT2D eigenvalue weighted by atomic mass is 10.5. The molecule has 15 heavy (non-hydrogen) atoms. The third-order valence-electron chi connectivity index (χ3n) is 1.38. The summed E-state index contributed by atoms with van der Waals surface area (Å²) in [5.74, 6) is -0.446. The Kier molecular flexibility index (Phi) is 6.19. The Morgan fingerprint density at radius 1 is 1.47 bits per heavy atom. The molecule has 0 heterocycles. The van der Waals surface area contributed by atoms with Crippen molar-refractivity contribution in [2.45, 2.75) is 20.0 Å². The van der Waals surface area contributed by atoms with Gasteiger partial charge in [0, 0.05) is 20.3 Å². The highest BCUT2D eigenvalue weighted by Crippen LogP contribution is 2.10. The van der Waals surface area contributed by atoms with Crippen LogP contribution in [0.2, 0.25) is 0 Å². The molecule has 0 aromatic heterocycles. The van der Waals surface area contributed by atoms with Crippen molar-refractivity contribution >= 4 is 28.2 Å². The zero-order chi connectivity index (χ0) is 12.0. The first-order valence-corrected chi connectivity index (χ1v) is 5.22. The zero-order valence-electron chi connectivity index (χ0n) is 9.32. The molecular weight excluding hydrogens is 262 g/mol. The summed E-state index contributed by atoms with van der Waals surface area (Å²) in [5, 5.41) is 10.2. The zero-order valence-corrected chi connectivity index (χ0v) is 10.9. The molecule has 0 atom stereocenters. The quantitative estimate of drug-likeness (QED) is 0.272. The molecule has 0 saturated heterocycles. The topological polar surface area (TPSA) is 56.6 Å².